The van der Waals surface area contributed by atoms with E-state index in [-0.39, 0.29) is 11.5 Å². The normalized spacial score (nSPS) is 9.62. The molecule has 0 aliphatic heterocycles. The summed E-state index contributed by atoms with van der Waals surface area (Å²) < 4.78 is 0.854. The molecule has 0 fully saturated rings. The van der Waals surface area contributed by atoms with Crippen molar-refractivity contribution < 1.29 is 4.79 Å². The molecule has 0 unspecified atom stereocenters. The monoisotopic (exact) mass is 292 g/mol. The molecular formula is C8H9IN2O2. The molecule has 13 heavy (non-hydrogen) atoms. The summed E-state index contributed by atoms with van der Waals surface area (Å²) in [5.74, 6) is -0.206. The second-order valence-corrected chi connectivity index (χ2v) is 3.47. The predicted molar refractivity (Wildman–Crippen MR) is 58.3 cm³/mol. The smallest absolute Gasteiger partial charge is 0.251 e. The van der Waals surface area contributed by atoms with Gasteiger partial charge >= 0.3 is 0 Å². The first-order valence-electron chi connectivity index (χ1n) is 3.77. The van der Waals surface area contributed by atoms with E-state index in [1.54, 1.807) is 6.07 Å². The van der Waals surface area contributed by atoms with Crippen molar-refractivity contribution in [3.63, 3.8) is 0 Å². The van der Waals surface area contributed by atoms with E-state index in [9.17, 15) is 9.59 Å². The Labute approximate surface area is 88.9 Å². The van der Waals surface area contributed by atoms with Gasteiger partial charge in [-0.1, -0.05) is 22.6 Å². The minimum atomic E-state index is -0.262. The Morgan fingerprint density at radius 1 is 1.62 bits per heavy atom. The zero-order chi connectivity index (χ0) is 9.68. The van der Waals surface area contributed by atoms with Crippen LogP contribution in [0.5, 0.6) is 0 Å². The van der Waals surface area contributed by atoms with E-state index in [0.29, 0.717) is 12.1 Å². The number of amides is 1. The SMILES string of the molecule is O=C(NCCI)c1cc[nH]c(=O)c1. The number of hydrogen-bond donors (Lipinski definition) is 2. The summed E-state index contributed by atoms with van der Waals surface area (Å²) in [5, 5.41) is 2.68. The molecular weight excluding hydrogens is 283 g/mol. The third kappa shape index (κ3) is 3.17. The first-order valence-corrected chi connectivity index (χ1v) is 5.29. The highest BCUT2D eigenvalue weighted by Crippen LogP contribution is 1.92. The Morgan fingerprint density at radius 2 is 2.38 bits per heavy atom. The second-order valence-electron chi connectivity index (χ2n) is 2.39. The average molecular weight is 292 g/mol. The zero-order valence-corrected chi connectivity index (χ0v) is 9.00. The zero-order valence-electron chi connectivity index (χ0n) is 6.84. The van der Waals surface area contributed by atoms with Crippen LogP contribution in [0.3, 0.4) is 0 Å². The van der Waals surface area contributed by atoms with Crippen molar-refractivity contribution in [2.45, 2.75) is 0 Å². The van der Waals surface area contributed by atoms with Crippen LogP contribution < -0.4 is 10.9 Å². The molecule has 0 saturated heterocycles. The van der Waals surface area contributed by atoms with Crippen LogP contribution in [0.25, 0.3) is 0 Å². The predicted octanol–water partition coefficient (Wildman–Crippen LogP) is 0.540. The molecule has 0 radical (unpaired) electrons. The number of alkyl halides is 1. The van der Waals surface area contributed by atoms with E-state index in [0.717, 1.165) is 4.43 Å². The third-order valence-electron chi connectivity index (χ3n) is 1.42. The van der Waals surface area contributed by atoms with Crippen LogP contribution in [-0.2, 0) is 0 Å². The summed E-state index contributed by atoms with van der Waals surface area (Å²) in [4.78, 5) is 24.6. The molecule has 0 aromatic carbocycles. The summed E-state index contributed by atoms with van der Waals surface area (Å²) in [6.07, 6.45) is 1.46. The fraction of sp³-hybridized carbons (Fsp3) is 0.250. The van der Waals surface area contributed by atoms with Crippen LogP contribution in [0, 0.1) is 0 Å². The lowest BCUT2D eigenvalue weighted by Crippen LogP contribution is -2.26. The molecule has 4 nitrogen and oxygen atoms in total. The lowest BCUT2D eigenvalue weighted by atomic mass is 10.2. The molecule has 1 aromatic rings. The molecule has 0 aliphatic rings. The van der Waals surface area contributed by atoms with Gasteiger partial charge in [0.25, 0.3) is 5.91 Å². The van der Waals surface area contributed by atoms with E-state index in [2.05, 4.69) is 32.9 Å². The number of halogens is 1. The number of pyridine rings is 1. The standard InChI is InChI=1S/C8H9IN2O2/c9-2-4-11-8(13)6-1-3-10-7(12)5-6/h1,3,5H,2,4H2,(H,10,12)(H,11,13). The minimum absolute atomic E-state index is 0.206. The number of aromatic amines is 1. The van der Waals surface area contributed by atoms with E-state index < -0.39 is 0 Å². The molecule has 0 aliphatic carbocycles. The summed E-state index contributed by atoms with van der Waals surface area (Å²) >= 11 is 2.16. The van der Waals surface area contributed by atoms with Crippen LogP contribution >= 0.6 is 22.6 Å². The molecule has 0 saturated carbocycles. The van der Waals surface area contributed by atoms with Gasteiger partial charge < -0.3 is 10.3 Å². The maximum Gasteiger partial charge on any atom is 0.251 e. The number of H-pyrrole nitrogens is 1. The molecule has 0 atom stereocenters. The van der Waals surface area contributed by atoms with Gasteiger partial charge in [0.1, 0.15) is 0 Å². The highest BCUT2D eigenvalue weighted by Gasteiger charge is 2.03. The Morgan fingerprint density at radius 3 is 3.00 bits per heavy atom. The van der Waals surface area contributed by atoms with Gasteiger partial charge in [-0.25, -0.2) is 0 Å². The number of rotatable bonds is 3. The van der Waals surface area contributed by atoms with Gasteiger partial charge in [-0.3, -0.25) is 9.59 Å². The van der Waals surface area contributed by atoms with Crippen LogP contribution in [0.1, 0.15) is 10.4 Å². The van der Waals surface area contributed by atoms with E-state index >= 15 is 0 Å². The lowest BCUT2D eigenvalue weighted by Gasteiger charge is -2.01. The molecule has 0 spiro atoms. The van der Waals surface area contributed by atoms with Crippen molar-refractivity contribution in [3.8, 4) is 0 Å². The van der Waals surface area contributed by atoms with Gasteiger partial charge in [0.15, 0.2) is 0 Å². The Bertz CT molecular complexity index is 348. The van der Waals surface area contributed by atoms with Crippen molar-refractivity contribution in [1.29, 1.82) is 0 Å². The highest BCUT2D eigenvalue weighted by atomic mass is 127. The molecule has 5 heteroatoms. The maximum absolute atomic E-state index is 11.3. The molecule has 70 valence electrons. The topological polar surface area (TPSA) is 62.0 Å². The number of aromatic nitrogens is 1. The van der Waals surface area contributed by atoms with Crippen LogP contribution in [0.4, 0.5) is 0 Å². The van der Waals surface area contributed by atoms with Gasteiger partial charge in [-0.15, -0.1) is 0 Å². The van der Waals surface area contributed by atoms with E-state index in [4.69, 9.17) is 0 Å². The van der Waals surface area contributed by atoms with Crippen molar-refractivity contribution in [2.75, 3.05) is 11.0 Å². The fourth-order valence-electron chi connectivity index (χ4n) is 0.849. The van der Waals surface area contributed by atoms with Crippen molar-refractivity contribution in [3.05, 3.63) is 34.2 Å². The summed E-state index contributed by atoms with van der Waals surface area (Å²) in [7, 11) is 0. The number of carbonyl (C=O) groups is 1. The summed E-state index contributed by atoms with van der Waals surface area (Å²) in [6.45, 7) is 0.617. The minimum Gasteiger partial charge on any atom is -0.351 e. The Balaban J connectivity index is 2.71. The molecule has 2 N–H and O–H groups in total. The van der Waals surface area contributed by atoms with Crippen molar-refractivity contribution >= 4 is 28.5 Å². The average Bonchev–Trinajstić information content (AvgIpc) is 2.14. The molecule has 1 rings (SSSR count). The molecule has 0 bridgehead atoms. The van der Waals surface area contributed by atoms with Gasteiger partial charge in [0.2, 0.25) is 5.56 Å². The summed E-state index contributed by atoms with van der Waals surface area (Å²) in [5.41, 5.74) is 0.135. The molecule has 1 amide bonds. The van der Waals surface area contributed by atoms with Crippen LogP contribution in [0.15, 0.2) is 23.1 Å². The number of hydrogen-bond acceptors (Lipinski definition) is 2. The first-order chi connectivity index (χ1) is 6.24. The highest BCUT2D eigenvalue weighted by molar-refractivity contribution is 14.1. The van der Waals surface area contributed by atoms with Gasteiger partial charge in [0, 0.05) is 28.8 Å². The molecule has 1 heterocycles. The summed E-state index contributed by atoms with van der Waals surface area (Å²) in [6, 6.07) is 2.85. The van der Waals surface area contributed by atoms with E-state index in [1.165, 1.54) is 12.3 Å². The maximum atomic E-state index is 11.3. The quantitative estimate of drug-likeness (QED) is 0.631. The van der Waals surface area contributed by atoms with E-state index in [1.807, 2.05) is 0 Å². The van der Waals surface area contributed by atoms with Gasteiger partial charge in [-0.2, -0.15) is 0 Å². The van der Waals surface area contributed by atoms with Gasteiger partial charge in [0.05, 0.1) is 0 Å². The van der Waals surface area contributed by atoms with Crippen molar-refractivity contribution in [2.24, 2.45) is 0 Å². The number of carbonyl (C=O) groups excluding carboxylic acids is 1. The second kappa shape index (κ2) is 5.00. The van der Waals surface area contributed by atoms with Crippen LogP contribution in [-0.4, -0.2) is 21.9 Å². The third-order valence-corrected chi connectivity index (χ3v) is 1.96. The fourth-order valence-corrected chi connectivity index (χ4v) is 1.12. The Kier molecular flexibility index (Phi) is 3.94. The first kappa shape index (κ1) is 10.2. The Hall–Kier alpha value is -0.850. The number of nitrogens with one attached hydrogen (secondary N) is 2. The van der Waals surface area contributed by atoms with Crippen molar-refractivity contribution in [1.82, 2.24) is 10.3 Å². The van der Waals surface area contributed by atoms with Gasteiger partial charge in [-0.05, 0) is 6.07 Å². The molecule has 1 aromatic heterocycles. The largest absolute Gasteiger partial charge is 0.351 e. The van der Waals surface area contributed by atoms with Crippen LogP contribution in [0.2, 0.25) is 0 Å². The lowest BCUT2D eigenvalue weighted by molar-refractivity contribution is 0.0956.